The molecule has 142 valence electrons. The second-order valence-electron chi connectivity index (χ2n) is 6.24. The van der Waals surface area contributed by atoms with Gasteiger partial charge < -0.3 is 9.88 Å². The predicted octanol–water partition coefficient (Wildman–Crippen LogP) is 3.55. The first-order chi connectivity index (χ1) is 13.6. The van der Waals surface area contributed by atoms with Crippen LogP contribution in [-0.2, 0) is 17.9 Å². The van der Waals surface area contributed by atoms with Crippen LogP contribution in [0.1, 0.15) is 23.6 Å². The zero-order valence-corrected chi connectivity index (χ0v) is 16.7. The van der Waals surface area contributed by atoms with E-state index < -0.39 is 0 Å². The van der Waals surface area contributed by atoms with Gasteiger partial charge in [-0.15, -0.1) is 10.2 Å². The Balaban J connectivity index is 1.62. The van der Waals surface area contributed by atoms with Crippen LogP contribution in [0.25, 0.3) is 11.4 Å². The summed E-state index contributed by atoms with van der Waals surface area (Å²) in [6.45, 7) is 5.20. The maximum absolute atomic E-state index is 12.2. The molecule has 0 atom stereocenters. The Morgan fingerprint density at radius 3 is 2.79 bits per heavy atom. The number of nitrogens with zero attached hydrogens (tertiary/aromatic N) is 4. The van der Waals surface area contributed by atoms with Crippen LogP contribution in [0.3, 0.4) is 0 Å². The SMILES string of the molecule is CCn1c(SCC(=O)NCc2cccc(C#N)c2)nnc1-c1ccccc1C. The van der Waals surface area contributed by atoms with Gasteiger partial charge in [-0.25, -0.2) is 0 Å². The highest BCUT2D eigenvalue weighted by atomic mass is 32.2. The molecule has 0 saturated heterocycles. The van der Waals surface area contributed by atoms with Gasteiger partial charge in [0.1, 0.15) is 0 Å². The first-order valence-electron chi connectivity index (χ1n) is 9.00. The van der Waals surface area contributed by atoms with Gasteiger partial charge in [-0.2, -0.15) is 5.26 Å². The molecule has 0 aliphatic carbocycles. The summed E-state index contributed by atoms with van der Waals surface area (Å²) in [5, 5.41) is 21.2. The van der Waals surface area contributed by atoms with E-state index in [4.69, 9.17) is 5.26 Å². The number of hydrogen-bond acceptors (Lipinski definition) is 5. The number of benzene rings is 2. The minimum absolute atomic E-state index is 0.0875. The van der Waals surface area contributed by atoms with E-state index in [0.717, 1.165) is 34.2 Å². The highest BCUT2D eigenvalue weighted by Crippen LogP contribution is 2.26. The molecule has 6 nitrogen and oxygen atoms in total. The lowest BCUT2D eigenvalue weighted by Gasteiger charge is -2.09. The molecule has 0 unspecified atom stereocenters. The summed E-state index contributed by atoms with van der Waals surface area (Å²) in [5.41, 5.74) is 3.67. The second kappa shape index (κ2) is 9.20. The van der Waals surface area contributed by atoms with Gasteiger partial charge in [0.25, 0.3) is 0 Å². The molecule has 3 rings (SSSR count). The van der Waals surface area contributed by atoms with Crippen molar-refractivity contribution >= 4 is 17.7 Å². The number of nitrogens with one attached hydrogen (secondary N) is 1. The van der Waals surface area contributed by atoms with Crippen LogP contribution in [0.4, 0.5) is 0 Å². The summed E-state index contributed by atoms with van der Waals surface area (Å²) >= 11 is 1.37. The average molecular weight is 392 g/mol. The fourth-order valence-electron chi connectivity index (χ4n) is 2.84. The largest absolute Gasteiger partial charge is 0.351 e. The molecule has 28 heavy (non-hydrogen) atoms. The van der Waals surface area contributed by atoms with Gasteiger partial charge in [-0.1, -0.05) is 48.2 Å². The van der Waals surface area contributed by atoms with E-state index in [1.54, 1.807) is 12.1 Å². The number of nitriles is 1. The lowest BCUT2D eigenvalue weighted by atomic mass is 10.1. The second-order valence-corrected chi connectivity index (χ2v) is 7.19. The Labute approximate surface area is 168 Å². The minimum Gasteiger partial charge on any atom is -0.351 e. The molecule has 0 bridgehead atoms. The monoisotopic (exact) mass is 391 g/mol. The van der Waals surface area contributed by atoms with Gasteiger partial charge in [-0.05, 0) is 37.1 Å². The molecular weight excluding hydrogens is 370 g/mol. The molecule has 1 heterocycles. The summed E-state index contributed by atoms with van der Waals surface area (Å²) in [5.74, 6) is 0.983. The van der Waals surface area contributed by atoms with Crippen molar-refractivity contribution in [2.45, 2.75) is 32.1 Å². The minimum atomic E-state index is -0.0875. The van der Waals surface area contributed by atoms with Gasteiger partial charge >= 0.3 is 0 Å². The average Bonchev–Trinajstić information content (AvgIpc) is 3.13. The van der Waals surface area contributed by atoms with E-state index in [1.165, 1.54) is 11.8 Å². The van der Waals surface area contributed by atoms with Crippen LogP contribution < -0.4 is 5.32 Å². The molecule has 0 radical (unpaired) electrons. The van der Waals surface area contributed by atoms with Crippen molar-refractivity contribution in [1.82, 2.24) is 20.1 Å². The standard InChI is InChI=1S/C21H21N5OS/c1-3-26-20(18-10-5-4-7-15(18)2)24-25-21(26)28-14-19(27)23-13-17-9-6-8-16(11-17)12-22/h4-11H,3,13-14H2,1-2H3,(H,23,27). The summed E-state index contributed by atoms with van der Waals surface area (Å²) in [6, 6.07) is 17.4. The van der Waals surface area contributed by atoms with Crippen molar-refractivity contribution in [3.8, 4) is 17.5 Å². The summed E-state index contributed by atoms with van der Waals surface area (Å²) in [4.78, 5) is 12.2. The van der Waals surface area contributed by atoms with E-state index >= 15 is 0 Å². The van der Waals surface area contributed by atoms with Crippen molar-refractivity contribution in [2.24, 2.45) is 0 Å². The van der Waals surface area contributed by atoms with Crippen molar-refractivity contribution in [3.05, 3.63) is 65.2 Å². The first kappa shape index (κ1) is 19.6. The fraction of sp³-hybridized carbons (Fsp3) is 0.238. The number of aromatic nitrogens is 3. The number of rotatable bonds is 7. The van der Waals surface area contributed by atoms with Gasteiger partial charge in [0.2, 0.25) is 5.91 Å². The van der Waals surface area contributed by atoms with Crippen LogP contribution in [0, 0.1) is 18.3 Å². The van der Waals surface area contributed by atoms with Crippen molar-refractivity contribution in [2.75, 3.05) is 5.75 Å². The van der Waals surface area contributed by atoms with E-state index in [-0.39, 0.29) is 11.7 Å². The molecule has 1 N–H and O–H groups in total. The maximum atomic E-state index is 12.2. The molecule has 7 heteroatoms. The number of aryl methyl sites for hydroxylation is 1. The van der Waals surface area contributed by atoms with Crippen LogP contribution in [0.5, 0.6) is 0 Å². The quantitative estimate of drug-likeness (QED) is 0.623. The zero-order chi connectivity index (χ0) is 19.9. The van der Waals surface area contributed by atoms with E-state index in [0.29, 0.717) is 12.1 Å². The third kappa shape index (κ3) is 4.59. The maximum Gasteiger partial charge on any atom is 0.230 e. The summed E-state index contributed by atoms with van der Waals surface area (Å²) in [6.07, 6.45) is 0. The number of hydrogen-bond donors (Lipinski definition) is 1. The molecular formula is C21H21N5OS. The molecule has 1 amide bonds. The Kier molecular flexibility index (Phi) is 6.45. The molecule has 3 aromatic rings. The highest BCUT2D eigenvalue weighted by Gasteiger charge is 2.15. The van der Waals surface area contributed by atoms with Crippen molar-refractivity contribution < 1.29 is 4.79 Å². The Hall–Kier alpha value is -3.11. The fourth-order valence-corrected chi connectivity index (χ4v) is 3.67. The Morgan fingerprint density at radius 1 is 1.21 bits per heavy atom. The van der Waals surface area contributed by atoms with E-state index in [2.05, 4.69) is 21.6 Å². The Bertz CT molecular complexity index is 1020. The normalized spacial score (nSPS) is 10.5. The highest BCUT2D eigenvalue weighted by molar-refractivity contribution is 7.99. The smallest absolute Gasteiger partial charge is 0.230 e. The molecule has 0 aliphatic heterocycles. The van der Waals surface area contributed by atoms with Gasteiger partial charge in [-0.3, -0.25) is 4.79 Å². The Morgan fingerprint density at radius 2 is 2.04 bits per heavy atom. The number of carbonyl (C=O) groups is 1. The van der Waals surface area contributed by atoms with Crippen molar-refractivity contribution in [3.63, 3.8) is 0 Å². The topological polar surface area (TPSA) is 83.6 Å². The molecule has 2 aromatic carbocycles. The lowest BCUT2D eigenvalue weighted by Crippen LogP contribution is -2.24. The lowest BCUT2D eigenvalue weighted by molar-refractivity contribution is -0.118. The van der Waals surface area contributed by atoms with Crippen LogP contribution in [-0.4, -0.2) is 26.4 Å². The predicted molar refractivity (Wildman–Crippen MR) is 110 cm³/mol. The van der Waals surface area contributed by atoms with E-state index in [9.17, 15) is 4.79 Å². The van der Waals surface area contributed by atoms with Crippen LogP contribution in [0.15, 0.2) is 53.7 Å². The van der Waals surface area contributed by atoms with E-state index in [1.807, 2.05) is 54.8 Å². The molecule has 0 fully saturated rings. The summed E-state index contributed by atoms with van der Waals surface area (Å²) in [7, 11) is 0. The molecule has 0 aliphatic rings. The third-order valence-electron chi connectivity index (χ3n) is 4.30. The first-order valence-corrected chi connectivity index (χ1v) is 9.98. The summed E-state index contributed by atoms with van der Waals surface area (Å²) < 4.78 is 2.02. The number of amides is 1. The number of carbonyl (C=O) groups excluding carboxylic acids is 1. The van der Waals surface area contributed by atoms with Gasteiger partial charge in [0.15, 0.2) is 11.0 Å². The van der Waals surface area contributed by atoms with Crippen molar-refractivity contribution in [1.29, 1.82) is 5.26 Å². The molecule has 1 aromatic heterocycles. The van der Waals surface area contributed by atoms with Gasteiger partial charge in [0, 0.05) is 18.7 Å². The third-order valence-corrected chi connectivity index (χ3v) is 5.26. The zero-order valence-electron chi connectivity index (χ0n) is 15.8. The molecule has 0 spiro atoms. The van der Waals surface area contributed by atoms with Crippen LogP contribution in [0.2, 0.25) is 0 Å². The number of thioether (sulfide) groups is 1. The molecule has 0 saturated carbocycles. The van der Waals surface area contributed by atoms with Crippen LogP contribution >= 0.6 is 11.8 Å². The van der Waals surface area contributed by atoms with Gasteiger partial charge in [0.05, 0.1) is 17.4 Å².